The number of hydrogen-bond donors (Lipinski definition) is 0. The Morgan fingerprint density at radius 3 is 2.34 bits per heavy atom. The largest absolute Gasteiger partial charge is 0.369 e. The number of piperazine rings is 1. The summed E-state index contributed by atoms with van der Waals surface area (Å²) >= 11 is 0. The van der Waals surface area contributed by atoms with Crippen molar-refractivity contribution in [2.45, 2.75) is 0 Å². The van der Waals surface area contributed by atoms with Gasteiger partial charge in [-0.2, -0.15) is 0 Å². The SMILES string of the molecule is CN1CCN(c2ccc(-c3ccn4c(-c5ccc6c(c5)ncn6C)cnc4c3)cc2)CC1. The molecule has 4 heterocycles. The molecule has 32 heavy (non-hydrogen) atoms. The Bertz CT molecular complexity index is 1400. The van der Waals surface area contributed by atoms with Gasteiger partial charge in [0.25, 0.3) is 0 Å². The maximum atomic E-state index is 4.69. The molecule has 0 bridgehead atoms. The van der Waals surface area contributed by atoms with E-state index in [1.54, 1.807) is 0 Å². The minimum atomic E-state index is 0.946. The summed E-state index contributed by atoms with van der Waals surface area (Å²) in [4.78, 5) is 14.0. The molecular weight excluding hydrogens is 396 g/mol. The minimum absolute atomic E-state index is 0.946. The van der Waals surface area contributed by atoms with Gasteiger partial charge >= 0.3 is 0 Å². The first-order valence-electron chi connectivity index (χ1n) is 11.1. The molecule has 2 aromatic carbocycles. The monoisotopic (exact) mass is 422 g/mol. The van der Waals surface area contributed by atoms with Gasteiger partial charge < -0.3 is 14.4 Å². The lowest BCUT2D eigenvalue weighted by Crippen LogP contribution is -2.44. The normalized spacial score (nSPS) is 15.1. The second-order valence-electron chi connectivity index (χ2n) is 8.68. The highest BCUT2D eigenvalue weighted by molar-refractivity contribution is 5.82. The van der Waals surface area contributed by atoms with Gasteiger partial charge in [-0.05, 0) is 54.6 Å². The van der Waals surface area contributed by atoms with Gasteiger partial charge in [-0.25, -0.2) is 9.97 Å². The molecular formula is C26H26N6. The lowest BCUT2D eigenvalue weighted by Gasteiger charge is -2.34. The summed E-state index contributed by atoms with van der Waals surface area (Å²) in [7, 11) is 4.21. The molecule has 160 valence electrons. The van der Waals surface area contributed by atoms with E-state index in [0.717, 1.165) is 54.1 Å². The second-order valence-corrected chi connectivity index (χ2v) is 8.68. The van der Waals surface area contributed by atoms with Crippen LogP contribution in [-0.4, -0.2) is 57.1 Å². The first-order valence-corrected chi connectivity index (χ1v) is 11.1. The molecule has 3 aromatic heterocycles. The van der Waals surface area contributed by atoms with Crippen molar-refractivity contribution in [2.75, 3.05) is 38.1 Å². The summed E-state index contributed by atoms with van der Waals surface area (Å²) in [6, 6.07) is 19.6. The molecule has 1 aliphatic rings. The van der Waals surface area contributed by atoms with Crippen LogP contribution in [0.2, 0.25) is 0 Å². The number of nitrogens with zero attached hydrogens (tertiary/aromatic N) is 6. The predicted molar refractivity (Wildman–Crippen MR) is 130 cm³/mol. The van der Waals surface area contributed by atoms with E-state index in [1.165, 1.54) is 16.8 Å². The van der Waals surface area contributed by atoms with Crippen molar-refractivity contribution in [3.05, 3.63) is 73.3 Å². The van der Waals surface area contributed by atoms with Gasteiger partial charge in [0.15, 0.2) is 0 Å². The number of aromatic nitrogens is 4. The van der Waals surface area contributed by atoms with Crippen LogP contribution in [0.15, 0.2) is 73.3 Å². The van der Waals surface area contributed by atoms with Crippen molar-refractivity contribution in [3.8, 4) is 22.4 Å². The minimum Gasteiger partial charge on any atom is -0.369 e. The van der Waals surface area contributed by atoms with Crippen LogP contribution in [0.5, 0.6) is 0 Å². The summed E-state index contributed by atoms with van der Waals surface area (Å²) in [6.07, 6.45) is 5.91. The van der Waals surface area contributed by atoms with E-state index in [-0.39, 0.29) is 0 Å². The lowest BCUT2D eigenvalue weighted by molar-refractivity contribution is 0.313. The number of hydrogen-bond acceptors (Lipinski definition) is 4. The van der Waals surface area contributed by atoms with Gasteiger partial charge in [-0.3, -0.25) is 4.40 Å². The maximum Gasteiger partial charge on any atom is 0.137 e. The average Bonchev–Trinajstić information content (AvgIpc) is 3.42. The van der Waals surface area contributed by atoms with E-state index in [2.05, 4.69) is 92.0 Å². The van der Waals surface area contributed by atoms with Crippen molar-refractivity contribution in [1.82, 2.24) is 23.8 Å². The van der Waals surface area contributed by atoms with E-state index in [9.17, 15) is 0 Å². The molecule has 0 aliphatic carbocycles. The highest BCUT2D eigenvalue weighted by atomic mass is 15.2. The van der Waals surface area contributed by atoms with Gasteiger partial charge in [0.1, 0.15) is 5.65 Å². The smallest absolute Gasteiger partial charge is 0.137 e. The topological polar surface area (TPSA) is 41.6 Å². The molecule has 0 saturated carbocycles. The summed E-state index contributed by atoms with van der Waals surface area (Å²) in [5.41, 5.74) is 8.96. The first kappa shape index (κ1) is 19.1. The molecule has 5 aromatic rings. The molecule has 0 spiro atoms. The molecule has 6 rings (SSSR count). The molecule has 0 unspecified atom stereocenters. The number of likely N-dealkylation sites (N-methyl/N-ethyl adjacent to an activating group) is 1. The van der Waals surface area contributed by atoms with Crippen molar-refractivity contribution < 1.29 is 0 Å². The van der Waals surface area contributed by atoms with Crippen LogP contribution in [0.25, 0.3) is 39.1 Å². The molecule has 1 saturated heterocycles. The zero-order chi connectivity index (χ0) is 21.7. The quantitative estimate of drug-likeness (QED) is 0.435. The van der Waals surface area contributed by atoms with Gasteiger partial charge in [-0.1, -0.05) is 18.2 Å². The van der Waals surface area contributed by atoms with E-state index >= 15 is 0 Å². The number of imidazole rings is 2. The fourth-order valence-electron chi connectivity index (χ4n) is 4.60. The van der Waals surface area contributed by atoms with E-state index in [1.807, 2.05) is 24.1 Å². The number of rotatable bonds is 3. The Kier molecular flexibility index (Phi) is 4.47. The van der Waals surface area contributed by atoms with Crippen molar-refractivity contribution >= 4 is 22.4 Å². The van der Waals surface area contributed by atoms with Crippen LogP contribution in [-0.2, 0) is 7.05 Å². The average molecular weight is 423 g/mol. The first-order chi connectivity index (χ1) is 15.7. The number of anilines is 1. The van der Waals surface area contributed by atoms with Crippen LogP contribution in [0.4, 0.5) is 5.69 Å². The number of pyridine rings is 1. The molecule has 0 atom stereocenters. The molecule has 1 aliphatic heterocycles. The van der Waals surface area contributed by atoms with Crippen LogP contribution >= 0.6 is 0 Å². The molecule has 6 nitrogen and oxygen atoms in total. The predicted octanol–water partition coefficient (Wildman–Crippen LogP) is 4.31. The zero-order valence-corrected chi connectivity index (χ0v) is 18.4. The van der Waals surface area contributed by atoms with Gasteiger partial charge in [0.05, 0.1) is 29.3 Å². The highest BCUT2D eigenvalue weighted by Crippen LogP contribution is 2.28. The van der Waals surface area contributed by atoms with Crippen LogP contribution < -0.4 is 4.90 Å². The Morgan fingerprint density at radius 2 is 1.53 bits per heavy atom. The van der Waals surface area contributed by atoms with Crippen molar-refractivity contribution in [3.63, 3.8) is 0 Å². The van der Waals surface area contributed by atoms with Crippen LogP contribution in [0.1, 0.15) is 0 Å². The van der Waals surface area contributed by atoms with Gasteiger partial charge in [-0.15, -0.1) is 0 Å². The van der Waals surface area contributed by atoms with Crippen molar-refractivity contribution in [1.29, 1.82) is 0 Å². The van der Waals surface area contributed by atoms with Crippen molar-refractivity contribution in [2.24, 2.45) is 7.05 Å². The fraction of sp³-hybridized carbons (Fsp3) is 0.231. The summed E-state index contributed by atoms with van der Waals surface area (Å²) < 4.78 is 4.18. The summed E-state index contributed by atoms with van der Waals surface area (Å²) in [6.45, 7) is 4.41. The zero-order valence-electron chi connectivity index (χ0n) is 18.4. The lowest BCUT2D eigenvalue weighted by atomic mass is 10.1. The summed E-state index contributed by atoms with van der Waals surface area (Å²) in [5, 5.41) is 0. The molecule has 0 radical (unpaired) electrons. The molecule has 1 fully saturated rings. The molecule has 0 amide bonds. The van der Waals surface area contributed by atoms with E-state index in [4.69, 9.17) is 0 Å². The highest BCUT2D eigenvalue weighted by Gasteiger charge is 2.14. The van der Waals surface area contributed by atoms with Gasteiger partial charge in [0, 0.05) is 50.7 Å². The second kappa shape index (κ2) is 7.50. The fourth-order valence-corrected chi connectivity index (χ4v) is 4.60. The Labute approximate surface area is 187 Å². The molecule has 6 heteroatoms. The Hall–Kier alpha value is -3.64. The standard InChI is InChI=1S/C26H26N6/c1-29-11-13-31(14-12-29)22-6-3-19(4-7-22)20-9-10-32-25(17-27-26(32)16-20)21-5-8-24-23(15-21)28-18-30(24)2/h3-10,15-18H,11-14H2,1-2H3. The third-order valence-electron chi connectivity index (χ3n) is 6.60. The number of aryl methyl sites for hydroxylation is 1. The Morgan fingerprint density at radius 1 is 0.750 bits per heavy atom. The molecule has 0 N–H and O–H groups in total. The van der Waals surface area contributed by atoms with E-state index in [0.29, 0.717) is 0 Å². The van der Waals surface area contributed by atoms with E-state index < -0.39 is 0 Å². The number of fused-ring (bicyclic) bond motifs is 2. The Balaban J connectivity index is 1.29. The third kappa shape index (κ3) is 3.24. The number of benzene rings is 2. The maximum absolute atomic E-state index is 4.69. The summed E-state index contributed by atoms with van der Waals surface area (Å²) in [5.74, 6) is 0. The third-order valence-corrected chi connectivity index (χ3v) is 6.60. The van der Waals surface area contributed by atoms with Crippen LogP contribution in [0.3, 0.4) is 0 Å². The van der Waals surface area contributed by atoms with Gasteiger partial charge in [0.2, 0.25) is 0 Å². The van der Waals surface area contributed by atoms with Crippen LogP contribution in [0, 0.1) is 0 Å².